The number of hydrogen-bond acceptors (Lipinski definition) is 4. The molecule has 0 heterocycles. The molecule has 0 spiro atoms. The first kappa shape index (κ1) is 15.9. The highest BCUT2D eigenvalue weighted by Gasteiger charge is 2.19. The number of rotatable bonds is 7. The van der Waals surface area contributed by atoms with Crippen molar-refractivity contribution in [3.8, 4) is 0 Å². The Morgan fingerprint density at radius 1 is 1.26 bits per heavy atom. The second kappa shape index (κ2) is 6.88. The summed E-state index contributed by atoms with van der Waals surface area (Å²) in [4.78, 5) is 0.201. The Morgan fingerprint density at radius 3 is 2.47 bits per heavy atom. The molecule has 1 rings (SSSR count). The van der Waals surface area contributed by atoms with Gasteiger partial charge in [-0.2, -0.15) is 0 Å². The summed E-state index contributed by atoms with van der Waals surface area (Å²) >= 11 is 0. The minimum absolute atomic E-state index is 0.167. The van der Waals surface area contributed by atoms with Crippen molar-refractivity contribution in [2.45, 2.75) is 44.2 Å². The molecule has 0 amide bonds. The van der Waals surface area contributed by atoms with Crippen LogP contribution >= 0.6 is 0 Å². The third kappa shape index (κ3) is 4.81. The Morgan fingerprint density at radius 2 is 1.89 bits per heavy atom. The molecule has 0 saturated heterocycles. The Hall–Kier alpha value is -1.11. The first-order chi connectivity index (χ1) is 8.86. The van der Waals surface area contributed by atoms with Gasteiger partial charge in [-0.25, -0.2) is 13.1 Å². The lowest BCUT2D eigenvalue weighted by atomic mass is 10.2. The summed E-state index contributed by atoms with van der Waals surface area (Å²) in [5.74, 6) is 0. The second-order valence-corrected chi connectivity index (χ2v) is 6.40. The average molecular weight is 286 g/mol. The molecule has 1 aromatic carbocycles. The van der Waals surface area contributed by atoms with Gasteiger partial charge in [0.2, 0.25) is 10.0 Å². The Balaban J connectivity index is 2.96. The fraction of sp³-hybridized carbons (Fsp3) is 0.538. The standard InChI is InChI=1S/C13H22N2O3S/c1-4-11(16)9-14-12-7-5-6-8-13(12)19(17,18)15-10(2)3/h5-8,10-11,14-16H,4,9H2,1-3H3. The van der Waals surface area contributed by atoms with E-state index < -0.39 is 16.1 Å². The van der Waals surface area contributed by atoms with Crippen molar-refractivity contribution < 1.29 is 13.5 Å². The lowest BCUT2D eigenvalue weighted by molar-refractivity contribution is 0.183. The highest BCUT2D eigenvalue weighted by molar-refractivity contribution is 7.89. The fourth-order valence-corrected chi connectivity index (χ4v) is 3.03. The van der Waals surface area contributed by atoms with Crippen LogP contribution in [0.15, 0.2) is 29.2 Å². The molecule has 1 unspecified atom stereocenters. The highest BCUT2D eigenvalue weighted by atomic mass is 32.2. The molecule has 0 aromatic heterocycles. The molecule has 0 aliphatic heterocycles. The van der Waals surface area contributed by atoms with Crippen LogP contribution in [-0.4, -0.2) is 32.2 Å². The van der Waals surface area contributed by atoms with Crippen LogP contribution in [0.5, 0.6) is 0 Å². The summed E-state index contributed by atoms with van der Waals surface area (Å²) in [6.45, 7) is 5.74. The zero-order valence-corrected chi connectivity index (χ0v) is 12.4. The molecule has 0 saturated carbocycles. The van der Waals surface area contributed by atoms with Crippen molar-refractivity contribution >= 4 is 15.7 Å². The van der Waals surface area contributed by atoms with Crippen molar-refractivity contribution in [1.29, 1.82) is 0 Å². The van der Waals surface area contributed by atoms with E-state index in [4.69, 9.17) is 0 Å². The number of aliphatic hydroxyl groups is 1. The quantitative estimate of drug-likeness (QED) is 0.711. The molecule has 3 N–H and O–H groups in total. The number of sulfonamides is 1. The lowest BCUT2D eigenvalue weighted by Crippen LogP contribution is -2.31. The largest absolute Gasteiger partial charge is 0.391 e. The van der Waals surface area contributed by atoms with E-state index in [1.165, 1.54) is 0 Å². The minimum Gasteiger partial charge on any atom is -0.391 e. The molecule has 0 fully saturated rings. The Bertz CT molecular complexity index is 500. The van der Waals surface area contributed by atoms with E-state index in [2.05, 4.69) is 10.0 Å². The maximum Gasteiger partial charge on any atom is 0.242 e. The third-order valence-corrected chi connectivity index (χ3v) is 4.28. The Labute approximate surface area is 115 Å². The maximum atomic E-state index is 12.2. The molecule has 1 aromatic rings. The van der Waals surface area contributed by atoms with Gasteiger partial charge in [-0.15, -0.1) is 0 Å². The zero-order valence-electron chi connectivity index (χ0n) is 11.6. The van der Waals surface area contributed by atoms with Gasteiger partial charge in [0.15, 0.2) is 0 Å². The van der Waals surface area contributed by atoms with Crippen LogP contribution < -0.4 is 10.0 Å². The zero-order chi connectivity index (χ0) is 14.5. The molecule has 1 atom stereocenters. The minimum atomic E-state index is -3.54. The smallest absolute Gasteiger partial charge is 0.242 e. The third-order valence-electron chi connectivity index (χ3n) is 2.57. The molecule has 0 aliphatic carbocycles. The lowest BCUT2D eigenvalue weighted by Gasteiger charge is -2.16. The van der Waals surface area contributed by atoms with E-state index in [9.17, 15) is 13.5 Å². The van der Waals surface area contributed by atoms with Gasteiger partial charge in [-0.05, 0) is 32.4 Å². The number of para-hydroxylation sites is 1. The molecular weight excluding hydrogens is 264 g/mol. The van der Waals surface area contributed by atoms with Gasteiger partial charge in [0, 0.05) is 12.6 Å². The molecule has 5 nitrogen and oxygen atoms in total. The number of hydrogen-bond donors (Lipinski definition) is 3. The van der Waals surface area contributed by atoms with E-state index in [-0.39, 0.29) is 10.9 Å². The van der Waals surface area contributed by atoms with Gasteiger partial charge in [-0.1, -0.05) is 19.1 Å². The number of aliphatic hydroxyl groups excluding tert-OH is 1. The molecule has 108 valence electrons. The monoisotopic (exact) mass is 286 g/mol. The first-order valence-electron chi connectivity index (χ1n) is 6.40. The fourth-order valence-electron chi connectivity index (χ4n) is 1.59. The SMILES string of the molecule is CCC(O)CNc1ccccc1S(=O)(=O)NC(C)C. The highest BCUT2D eigenvalue weighted by Crippen LogP contribution is 2.20. The normalized spacial score (nSPS) is 13.5. The topological polar surface area (TPSA) is 78.4 Å². The summed E-state index contributed by atoms with van der Waals surface area (Å²) in [7, 11) is -3.54. The van der Waals surface area contributed by atoms with Crippen LogP contribution in [0.4, 0.5) is 5.69 Å². The summed E-state index contributed by atoms with van der Waals surface area (Å²) in [5.41, 5.74) is 0.503. The van der Waals surface area contributed by atoms with Gasteiger partial charge in [0.25, 0.3) is 0 Å². The van der Waals surface area contributed by atoms with Crippen LogP contribution in [-0.2, 0) is 10.0 Å². The molecule has 6 heteroatoms. The van der Waals surface area contributed by atoms with Gasteiger partial charge < -0.3 is 10.4 Å². The summed E-state index contributed by atoms with van der Waals surface area (Å²) in [6.07, 6.45) is 0.125. The van der Waals surface area contributed by atoms with E-state index in [1.807, 2.05) is 6.92 Å². The molecule has 0 aliphatic rings. The predicted octanol–water partition coefficient (Wildman–Crippen LogP) is 1.56. The molecular formula is C13H22N2O3S. The van der Waals surface area contributed by atoms with Gasteiger partial charge in [0.05, 0.1) is 11.8 Å². The van der Waals surface area contributed by atoms with E-state index in [0.717, 1.165) is 0 Å². The maximum absolute atomic E-state index is 12.2. The summed E-state index contributed by atoms with van der Waals surface area (Å²) < 4.78 is 26.9. The van der Waals surface area contributed by atoms with Crippen LogP contribution in [0.1, 0.15) is 27.2 Å². The molecule has 19 heavy (non-hydrogen) atoms. The van der Waals surface area contributed by atoms with Crippen LogP contribution in [0.3, 0.4) is 0 Å². The van der Waals surface area contributed by atoms with E-state index >= 15 is 0 Å². The number of anilines is 1. The first-order valence-corrected chi connectivity index (χ1v) is 7.88. The van der Waals surface area contributed by atoms with Crippen molar-refractivity contribution in [2.24, 2.45) is 0 Å². The number of nitrogens with one attached hydrogen (secondary N) is 2. The van der Waals surface area contributed by atoms with E-state index in [0.29, 0.717) is 18.7 Å². The molecule has 0 radical (unpaired) electrons. The average Bonchev–Trinajstić information content (AvgIpc) is 2.34. The van der Waals surface area contributed by atoms with Crippen molar-refractivity contribution in [2.75, 3.05) is 11.9 Å². The second-order valence-electron chi connectivity index (χ2n) is 4.72. The van der Waals surface area contributed by atoms with Crippen LogP contribution in [0, 0.1) is 0 Å². The van der Waals surface area contributed by atoms with Gasteiger partial charge >= 0.3 is 0 Å². The van der Waals surface area contributed by atoms with Crippen molar-refractivity contribution in [3.63, 3.8) is 0 Å². The summed E-state index contributed by atoms with van der Waals surface area (Å²) in [6, 6.07) is 6.51. The van der Waals surface area contributed by atoms with Crippen LogP contribution in [0.25, 0.3) is 0 Å². The van der Waals surface area contributed by atoms with Crippen molar-refractivity contribution in [1.82, 2.24) is 4.72 Å². The summed E-state index contributed by atoms with van der Waals surface area (Å²) in [5, 5.41) is 12.5. The van der Waals surface area contributed by atoms with Crippen LogP contribution in [0.2, 0.25) is 0 Å². The van der Waals surface area contributed by atoms with Crippen molar-refractivity contribution in [3.05, 3.63) is 24.3 Å². The predicted molar refractivity (Wildman–Crippen MR) is 76.7 cm³/mol. The molecule has 0 bridgehead atoms. The van der Waals surface area contributed by atoms with Gasteiger partial charge in [-0.3, -0.25) is 0 Å². The van der Waals surface area contributed by atoms with Gasteiger partial charge in [0.1, 0.15) is 4.90 Å². The Kier molecular flexibility index (Phi) is 5.78. The number of benzene rings is 1. The van der Waals surface area contributed by atoms with E-state index in [1.54, 1.807) is 38.1 Å².